The van der Waals surface area contributed by atoms with Crippen LogP contribution in [0.3, 0.4) is 0 Å². The van der Waals surface area contributed by atoms with Crippen molar-refractivity contribution in [2.75, 3.05) is 0 Å². The number of hydrogen-bond donors (Lipinski definition) is 2. The van der Waals surface area contributed by atoms with Gasteiger partial charge in [0.1, 0.15) is 0 Å². The first kappa shape index (κ1) is 15.7. The van der Waals surface area contributed by atoms with E-state index in [-0.39, 0.29) is 11.8 Å². The van der Waals surface area contributed by atoms with E-state index in [9.17, 15) is 9.59 Å². The predicted molar refractivity (Wildman–Crippen MR) is 91.8 cm³/mol. The molecule has 2 atom stereocenters. The number of nitrogens with one attached hydrogen (secondary N) is 1. The minimum absolute atomic E-state index is 0.0502. The van der Waals surface area contributed by atoms with Gasteiger partial charge in [-0.1, -0.05) is 40.2 Å². The Kier molecular flexibility index (Phi) is 4.48. The number of hydrogen-bond acceptors (Lipinski definition) is 2. The second-order valence-corrected chi connectivity index (χ2v) is 6.70. The van der Waals surface area contributed by atoms with Gasteiger partial charge in [-0.3, -0.25) is 9.59 Å². The molecule has 0 radical (unpaired) electrons. The van der Waals surface area contributed by atoms with Gasteiger partial charge in [-0.05, 0) is 47.7 Å². The standard InChI is InChI=1S/C18H17BrN2O2/c19-14-3-1-2-13(8-14)15-9-16(15)18(23)21-10-11-4-6-12(7-5-11)17(20)22/h1-8,15-16H,9-10H2,(H2,20,22)(H,21,23)/t15-,16-/m1/s1. The van der Waals surface area contributed by atoms with Gasteiger partial charge in [0.15, 0.2) is 0 Å². The molecule has 118 valence electrons. The van der Waals surface area contributed by atoms with Gasteiger partial charge in [0.2, 0.25) is 11.8 Å². The molecule has 0 heterocycles. The van der Waals surface area contributed by atoms with Gasteiger partial charge < -0.3 is 11.1 Å². The van der Waals surface area contributed by atoms with E-state index in [4.69, 9.17) is 5.73 Å². The molecule has 0 bridgehead atoms. The van der Waals surface area contributed by atoms with Crippen LogP contribution < -0.4 is 11.1 Å². The van der Waals surface area contributed by atoms with E-state index in [0.29, 0.717) is 18.0 Å². The Labute approximate surface area is 143 Å². The summed E-state index contributed by atoms with van der Waals surface area (Å²) in [6, 6.07) is 15.1. The fourth-order valence-electron chi connectivity index (χ4n) is 2.70. The van der Waals surface area contributed by atoms with Crippen LogP contribution in [-0.4, -0.2) is 11.8 Å². The highest BCUT2D eigenvalue weighted by Gasteiger charge is 2.43. The van der Waals surface area contributed by atoms with Gasteiger partial charge in [0, 0.05) is 22.5 Å². The molecule has 5 heteroatoms. The third kappa shape index (κ3) is 3.79. The summed E-state index contributed by atoms with van der Waals surface area (Å²) in [7, 11) is 0. The molecule has 23 heavy (non-hydrogen) atoms. The Morgan fingerprint density at radius 1 is 1.17 bits per heavy atom. The Morgan fingerprint density at radius 2 is 1.91 bits per heavy atom. The van der Waals surface area contributed by atoms with Crippen molar-refractivity contribution in [2.45, 2.75) is 18.9 Å². The highest BCUT2D eigenvalue weighted by atomic mass is 79.9. The molecule has 0 spiro atoms. The van der Waals surface area contributed by atoms with Crippen LogP contribution in [0.2, 0.25) is 0 Å². The first-order chi connectivity index (χ1) is 11.0. The van der Waals surface area contributed by atoms with E-state index in [0.717, 1.165) is 16.5 Å². The summed E-state index contributed by atoms with van der Waals surface area (Å²) in [5.74, 6) is -0.0108. The van der Waals surface area contributed by atoms with Crippen LogP contribution in [0.4, 0.5) is 0 Å². The number of carbonyl (C=O) groups excluding carboxylic acids is 2. The molecule has 4 nitrogen and oxygen atoms in total. The molecule has 2 amide bonds. The number of halogens is 1. The molecule has 1 saturated carbocycles. The molecule has 1 aliphatic carbocycles. The third-order valence-corrected chi connectivity index (χ3v) is 4.60. The van der Waals surface area contributed by atoms with Crippen LogP contribution in [0.15, 0.2) is 53.0 Å². The lowest BCUT2D eigenvalue weighted by Gasteiger charge is -2.06. The maximum Gasteiger partial charge on any atom is 0.248 e. The summed E-state index contributed by atoms with van der Waals surface area (Å²) in [5, 5.41) is 2.96. The second-order valence-electron chi connectivity index (χ2n) is 5.78. The summed E-state index contributed by atoms with van der Waals surface area (Å²) in [4.78, 5) is 23.2. The van der Waals surface area contributed by atoms with Crippen molar-refractivity contribution in [3.63, 3.8) is 0 Å². The topological polar surface area (TPSA) is 72.2 Å². The third-order valence-electron chi connectivity index (χ3n) is 4.11. The van der Waals surface area contributed by atoms with Crippen LogP contribution >= 0.6 is 15.9 Å². The van der Waals surface area contributed by atoms with E-state index in [1.54, 1.807) is 24.3 Å². The fraction of sp³-hybridized carbons (Fsp3) is 0.222. The van der Waals surface area contributed by atoms with E-state index in [1.165, 1.54) is 5.56 Å². The SMILES string of the molecule is NC(=O)c1ccc(CNC(=O)[C@@H]2C[C@@H]2c2cccc(Br)c2)cc1. The monoisotopic (exact) mass is 372 g/mol. The normalized spacial score (nSPS) is 19.2. The van der Waals surface area contributed by atoms with Crippen molar-refractivity contribution in [1.82, 2.24) is 5.32 Å². The van der Waals surface area contributed by atoms with Crippen molar-refractivity contribution >= 4 is 27.7 Å². The molecule has 1 fully saturated rings. The fourth-order valence-corrected chi connectivity index (χ4v) is 3.11. The Morgan fingerprint density at radius 3 is 2.57 bits per heavy atom. The zero-order chi connectivity index (χ0) is 16.4. The second kappa shape index (κ2) is 6.54. The number of benzene rings is 2. The van der Waals surface area contributed by atoms with E-state index in [1.807, 2.05) is 12.1 Å². The average molecular weight is 373 g/mol. The minimum Gasteiger partial charge on any atom is -0.366 e. The van der Waals surface area contributed by atoms with Crippen LogP contribution in [0.25, 0.3) is 0 Å². The quantitative estimate of drug-likeness (QED) is 0.846. The predicted octanol–water partition coefficient (Wildman–Crippen LogP) is 2.97. The lowest BCUT2D eigenvalue weighted by atomic mass is 10.1. The van der Waals surface area contributed by atoms with Crippen molar-refractivity contribution in [3.8, 4) is 0 Å². The molecule has 0 saturated heterocycles. The van der Waals surface area contributed by atoms with Crippen molar-refractivity contribution in [1.29, 1.82) is 0 Å². The molecule has 0 aliphatic heterocycles. The first-order valence-electron chi connectivity index (χ1n) is 7.46. The van der Waals surface area contributed by atoms with E-state index in [2.05, 4.69) is 33.4 Å². The summed E-state index contributed by atoms with van der Waals surface area (Å²) in [6.45, 7) is 0.458. The van der Waals surface area contributed by atoms with Crippen molar-refractivity contribution < 1.29 is 9.59 Å². The lowest BCUT2D eigenvalue weighted by molar-refractivity contribution is -0.122. The molecule has 3 rings (SSSR count). The number of amides is 2. The van der Waals surface area contributed by atoms with E-state index >= 15 is 0 Å². The molecular weight excluding hydrogens is 356 g/mol. The average Bonchev–Trinajstić information content (AvgIpc) is 3.34. The number of primary amides is 1. The highest BCUT2D eigenvalue weighted by molar-refractivity contribution is 9.10. The first-order valence-corrected chi connectivity index (χ1v) is 8.26. The molecule has 1 aliphatic rings. The van der Waals surface area contributed by atoms with Crippen molar-refractivity contribution in [3.05, 3.63) is 69.7 Å². The summed E-state index contributed by atoms with van der Waals surface area (Å²) >= 11 is 3.46. The Bertz CT molecular complexity index is 743. The Hall–Kier alpha value is -2.14. The molecule has 0 aromatic heterocycles. The van der Waals surface area contributed by atoms with Gasteiger partial charge in [0.05, 0.1) is 0 Å². The lowest BCUT2D eigenvalue weighted by Crippen LogP contribution is -2.25. The van der Waals surface area contributed by atoms with Gasteiger partial charge in [0.25, 0.3) is 0 Å². The van der Waals surface area contributed by atoms with Crippen LogP contribution in [0.1, 0.15) is 33.8 Å². The summed E-state index contributed by atoms with van der Waals surface area (Å²) in [5.41, 5.74) is 7.82. The zero-order valence-electron chi connectivity index (χ0n) is 12.5. The number of carbonyl (C=O) groups is 2. The molecule has 2 aromatic carbocycles. The smallest absolute Gasteiger partial charge is 0.248 e. The van der Waals surface area contributed by atoms with Crippen LogP contribution in [-0.2, 0) is 11.3 Å². The van der Waals surface area contributed by atoms with Crippen molar-refractivity contribution in [2.24, 2.45) is 11.7 Å². The maximum atomic E-state index is 12.2. The summed E-state index contributed by atoms with van der Waals surface area (Å²) < 4.78 is 1.04. The van der Waals surface area contributed by atoms with Crippen LogP contribution in [0, 0.1) is 5.92 Å². The summed E-state index contributed by atoms with van der Waals surface area (Å²) in [6.07, 6.45) is 0.892. The molecule has 3 N–H and O–H groups in total. The highest BCUT2D eigenvalue weighted by Crippen LogP contribution is 2.47. The zero-order valence-corrected chi connectivity index (χ0v) is 14.0. The minimum atomic E-state index is -0.449. The number of nitrogens with two attached hydrogens (primary N) is 1. The maximum absolute atomic E-state index is 12.2. The van der Waals surface area contributed by atoms with Gasteiger partial charge in [-0.15, -0.1) is 0 Å². The van der Waals surface area contributed by atoms with Gasteiger partial charge >= 0.3 is 0 Å². The number of rotatable bonds is 5. The van der Waals surface area contributed by atoms with Crippen LogP contribution in [0.5, 0.6) is 0 Å². The largest absolute Gasteiger partial charge is 0.366 e. The molecular formula is C18H17BrN2O2. The molecule has 0 unspecified atom stereocenters. The van der Waals surface area contributed by atoms with Gasteiger partial charge in [-0.25, -0.2) is 0 Å². The van der Waals surface area contributed by atoms with E-state index < -0.39 is 5.91 Å². The Balaban J connectivity index is 1.53. The van der Waals surface area contributed by atoms with Gasteiger partial charge in [-0.2, -0.15) is 0 Å². The molecule has 2 aromatic rings.